The molecule has 2 rings (SSSR count). The van der Waals surface area contributed by atoms with Crippen LogP contribution >= 0.6 is 0 Å². The average Bonchev–Trinajstić information content (AvgIpc) is 2.81. The Morgan fingerprint density at radius 2 is 1.83 bits per heavy atom. The average molecular weight is 488 g/mol. The number of nitrogens with zero attached hydrogens (tertiary/aromatic N) is 2. The first-order chi connectivity index (χ1) is 16.3. The Morgan fingerprint density at radius 3 is 2.34 bits per heavy atom. The zero-order chi connectivity index (χ0) is 26.4. The van der Waals surface area contributed by atoms with E-state index in [0.29, 0.717) is 35.6 Å². The van der Waals surface area contributed by atoms with Crippen molar-refractivity contribution in [2.75, 3.05) is 18.9 Å². The summed E-state index contributed by atoms with van der Waals surface area (Å²) in [5, 5.41) is 18.5. The number of benzene rings is 1. The second-order valence-electron chi connectivity index (χ2n) is 9.29. The van der Waals surface area contributed by atoms with Gasteiger partial charge in [0.2, 0.25) is 0 Å². The highest BCUT2D eigenvalue weighted by atomic mass is 19.3. The molecule has 1 aromatic carbocycles. The van der Waals surface area contributed by atoms with Crippen molar-refractivity contribution in [1.82, 2.24) is 9.88 Å². The van der Waals surface area contributed by atoms with Gasteiger partial charge in [-0.2, -0.15) is 0 Å². The molecule has 1 aromatic heterocycles. The molecule has 0 fully saturated rings. The fourth-order valence-corrected chi connectivity index (χ4v) is 3.54. The van der Waals surface area contributed by atoms with Crippen molar-refractivity contribution in [3.63, 3.8) is 0 Å². The van der Waals surface area contributed by atoms with Crippen LogP contribution in [0.15, 0.2) is 48.3 Å². The number of nitrogens with one attached hydrogen (secondary N) is 3. The molecule has 190 valence electrons. The van der Waals surface area contributed by atoms with Crippen molar-refractivity contribution in [3.8, 4) is 0 Å². The summed E-state index contributed by atoms with van der Waals surface area (Å²) in [5.74, 6) is -2.47. The van der Waals surface area contributed by atoms with E-state index in [-0.39, 0.29) is 23.6 Å². The van der Waals surface area contributed by atoms with Crippen LogP contribution in [0.25, 0.3) is 0 Å². The maximum atomic E-state index is 15.0. The molecule has 0 saturated carbocycles. The predicted molar refractivity (Wildman–Crippen MR) is 138 cm³/mol. The molecule has 8 heteroatoms. The molecule has 2 unspecified atom stereocenters. The number of halogens is 3. The first kappa shape index (κ1) is 28.2. The number of anilines is 1. The highest BCUT2D eigenvalue weighted by Crippen LogP contribution is 2.35. The first-order valence-electron chi connectivity index (χ1n) is 11.7. The summed E-state index contributed by atoms with van der Waals surface area (Å²) in [5.41, 5.74) is 0.865. The maximum Gasteiger partial charge on any atom is 0.270 e. The van der Waals surface area contributed by atoms with Gasteiger partial charge < -0.3 is 16.1 Å². The van der Waals surface area contributed by atoms with E-state index < -0.39 is 11.6 Å². The summed E-state index contributed by atoms with van der Waals surface area (Å²) in [7, 11) is 1.91. The molecular formula is C27H36F3N5. The van der Waals surface area contributed by atoms with Crippen molar-refractivity contribution < 1.29 is 13.2 Å². The third-order valence-electron chi connectivity index (χ3n) is 6.23. The normalized spacial score (nSPS) is 15.0. The van der Waals surface area contributed by atoms with Gasteiger partial charge in [0.1, 0.15) is 11.5 Å². The van der Waals surface area contributed by atoms with Crippen molar-refractivity contribution in [1.29, 1.82) is 10.8 Å². The smallest absolute Gasteiger partial charge is 0.270 e. The summed E-state index contributed by atoms with van der Waals surface area (Å²) >= 11 is 0. The Kier molecular flexibility index (Phi) is 9.38. The third-order valence-corrected chi connectivity index (χ3v) is 6.23. The number of hydrogen-bond acceptors (Lipinski definition) is 5. The lowest BCUT2D eigenvalue weighted by Crippen LogP contribution is -2.35. The summed E-state index contributed by atoms with van der Waals surface area (Å²) in [6.07, 6.45) is 5.17. The van der Waals surface area contributed by atoms with Crippen LogP contribution in [-0.4, -0.2) is 41.4 Å². The minimum Gasteiger partial charge on any atom is -0.342 e. The number of aromatic nitrogens is 1. The quantitative estimate of drug-likeness (QED) is 0.292. The van der Waals surface area contributed by atoms with E-state index in [1.807, 2.05) is 18.9 Å². The third kappa shape index (κ3) is 8.02. The van der Waals surface area contributed by atoms with Gasteiger partial charge in [-0.25, -0.2) is 18.2 Å². The number of pyridine rings is 1. The molecule has 5 nitrogen and oxygen atoms in total. The number of likely N-dealkylation sites (N-methyl/N-ethyl adjacent to an activating group) is 1. The molecule has 1 heterocycles. The Balaban J connectivity index is 2.23. The Morgan fingerprint density at radius 1 is 1.17 bits per heavy atom. The standard InChI is InChI=1S/C27H36F3N5/c1-7-26(4,28)22-13-20(14-23(15-22)27(5,29)30)10-11-35(6)19(3)24(12-18(2)32)34-25-9-8-21(16-31)17-33-25/h8-9,12-17,19,31-32H,7,10-11H2,1-6H3,(H,33,34)/b24-12-,31-16?,32-18?. The Labute approximate surface area is 206 Å². The van der Waals surface area contributed by atoms with Gasteiger partial charge in [-0.1, -0.05) is 13.0 Å². The molecule has 2 atom stereocenters. The summed E-state index contributed by atoms with van der Waals surface area (Å²) in [4.78, 5) is 6.35. The number of rotatable bonds is 12. The second kappa shape index (κ2) is 11.6. The van der Waals surface area contributed by atoms with Gasteiger partial charge in [0.15, 0.2) is 0 Å². The van der Waals surface area contributed by atoms with Crippen LogP contribution in [0.2, 0.25) is 0 Å². The largest absolute Gasteiger partial charge is 0.342 e. The topological polar surface area (TPSA) is 75.9 Å². The number of alkyl halides is 3. The molecule has 0 radical (unpaired) electrons. The maximum absolute atomic E-state index is 15.0. The van der Waals surface area contributed by atoms with Crippen LogP contribution in [0.4, 0.5) is 19.0 Å². The van der Waals surface area contributed by atoms with Gasteiger partial charge in [-0.15, -0.1) is 0 Å². The summed E-state index contributed by atoms with van der Waals surface area (Å²) in [6.45, 7) is 8.14. The molecule has 3 N–H and O–H groups in total. The van der Waals surface area contributed by atoms with E-state index in [1.165, 1.54) is 25.3 Å². The van der Waals surface area contributed by atoms with Crippen LogP contribution in [0.1, 0.15) is 63.3 Å². The van der Waals surface area contributed by atoms with Crippen LogP contribution < -0.4 is 5.32 Å². The van der Waals surface area contributed by atoms with E-state index in [1.54, 1.807) is 44.3 Å². The molecule has 0 spiro atoms. The van der Waals surface area contributed by atoms with Crippen molar-refractivity contribution in [3.05, 3.63) is 70.6 Å². The van der Waals surface area contributed by atoms with Crippen molar-refractivity contribution in [2.24, 2.45) is 0 Å². The lowest BCUT2D eigenvalue weighted by Gasteiger charge is -2.28. The molecule has 0 amide bonds. The fourth-order valence-electron chi connectivity index (χ4n) is 3.54. The number of allylic oxidation sites excluding steroid dienone is 1. The molecule has 35 heavy (non-hydrogen) atoms. The van der Waals surface area contributed by atoms with Crippen LogP contribution in [0.3, 0.4) is 0 Å². The van der Waals surface area contributed by atoms with Crippen LogP contribution in [0, 0.1) is 10.8 Å². The van der Waals surface area contributed by atoms with E-state index in [2.05, 4.69) is 10.3 Å². The molecule has 0 saturated heterocycles. The van der Waals surface area contributed by atoms with Gasteiger partial charge in [0.05, 0.1) is 0 Å². The van der Waals surface area contributed by atoms with E-state index in [0.717, 1.165) is 12.6 Å². The highest BCUT2D eigenvalue weighted by Gasteiger charge is 2.30. The van der Waals surface area contributed by atoms with Crippen molar-refractivity contribution in [2.45, 2.75) is 65.1 Å². The Hall–Kier alpha value is -3.00. The molecule has 0 aliphatic carbocycles. The first-order valence-corrected chi connectivity index (χ1v) is 11.7. The molecular weight excluding hydrogens is 451 g/mol. The molecule has 0 aliphatic rings. The minimum absolute atomic E-state index is 0.142. The summed E-state index contributed by atoms with van der Waals surface area (Å²) < 4.78 is 43.3. The van der Waals surface area contributed by atoms with E-state index in [9.17, 15) is 13.2 Å². The van der Waals surface area contributed by atoms with E-state index >= 15 is 0 Å². The molecule has 2 aromatic rings. The lowest BCUT2D eigenvalue weighted by molar-refractivity contribution is 0.0170. The van der Waals surface area contributed by atoms with Gasteiger partial charge in [-0.05, 0) is 82.1 Å². The fraction of sp³-hybridized carbons (Fsp3) is 0.444. The highest BCUT2D eigenvalue weighted by molar-refractivity contribution is 5.91. The summed E-state index contributed by atoms with van der Waals surface area (Å²) in [6, 6.07) is 7.81. The molecule has 0 aliphatic heterocycles. The lowest BCUT2D eigenvalue weighted by atomic mass is 9.90. The van der Waals surface area contributed by atoms with Crippen LogP contribution in [0.5, 0.6) is 0 Å². The monoisotopic (exact) mass is 487 g/mol. The van der Waals surface area contributed by atoms with Gasteiger partial charge >= 0.3 is 0 Å². The molecule has 0 bridgehead atoms. The van der Waals surface area contributed by atoms with Crippen LogP contribution in [-0.2, 0) is 18.0 Å². The predicted octanol–water partition coefficient (Wildman–Crippen LogP) is 6.68. The SMILES string of the molecule is CCC(C)(F)c1cc(CCN(C)C(C)/C(=C/C(C)=N)Nc2ccc(C=N)cn2)cc(C(C)(F)F)c1. The van der Waals surface area contributed by atoms with Gasteiger partial charge in [0.25, 0.3) is 5.92 Å². The van der Waals surface area contributed by atoms with Gasteiger partial charge in [0, 0.05) is 54.5 Å². The zero-order valence-electron chi connectivity index (χ0n) is 21.3. The number of hydrogen-bond donors (Lipinski definition) is 3. The zero-order valence-corrected chi connectivity index (χ0v) is 21.3. The second-order valence-corrected chi connectivity index (χ2v) is 9.29. The Bertz CT molecular complexity index is 1060. The minimum atomic E-state index is -3.06. The van der Waals surface area contributed by atoms with Gasteiger partial charge in [-0.3, -0.25) is 4.90 Å². The van der Waals surface area contributed by atoms with Crippen molar-refractivity contribution >= 4 is 17.7 Å². The van der Waals surface area contributed by atoms with E-state index in [4.69, 9.17) is 10.8 Å².